The van der Waals surface area contributed by atoms with E-state index in [1.165, 1.54) is 16.2 Å². The second-order valence-corrected chi connectivity index (χ2v) is 14.2. The van der Waals surface area contributed by atoms with Crippen LogP contribution in [0.25, 0.3) is 0 Å². The lowest BCUT2D eigenvalue weighted by Crippen LogP contribution is -2.42. The third-order valence-electron chi connectivity index (χ3n) is 9.80. The van der Waals surface area contributed by atoms with Crippen LogP contribution in [-0.2, 0) is 16.2 Å². The third-order valence-corrected chi connectivity index (χ3v) is 12.4. The number of H-pyrrole nitrogens is 1. The number of aryl methyl sites for hydroxylation is 1. The fourth-order valence-electron chi connectivity index (χ4n) is 8.07. The van der Waals surface area contributed by atoms with E-state index < -0.39 is 0 Å². The maximum Gasteiger partial charge on any atom is 0.305 e. The monoisotopic (exact) mass is 610 g/mol. The first-order valence-electron chi connectivity index (χ1n) is 14.6. The second-order valence-electron chi connectivity index (χ2n) is 12.0. The number of anilines is 1. The summed E-state index contributed by atoms with van der Waals surface area (Å²) < 4.78 is 11.9. The summed E-state index contributed by atoms with van der Waals surface area (Å²) in [4.78, 5) is 45.9. The Hall–Kier alpha value is -3.82. The minimum Gasteiger partial charge on any atom is -0.493 e. The third kappa shape index (κ3) is 4.12. The van der Waals surface area contributed by atoms with Crippen LogP contribution >= 0.6 is 23.1 Å². The molecule has 7 atom stereocenters. The summed E-state index contributed by atoms with van der Waals surface area (Å²) in [6.45, 7) is 2.42. The van der Waals surface area contributed by atoms with E-state index in [4.69, 9.17) is 9.47 Å². The van der Waals surface area contributed by atoms with E-state index in [0.717, 1.165) is 33.0 Å². The molecule has 4 aliphatic rings. The highest BCUT2D eigenvalue weighted by Gasteiger charge is 2.69. The molecule has 1 saturated heterocycles. The Bertz CT molecular complexity index is 1800. The van der Waals surface area contributed by atoms with Gasteiger partial charge in [0.15, 0.2) is 11.5 Å². The maximum absolute atomic E-state index is 14.0. The molecule has 0 radical (unpaired) electrons. The number of aromatic amines is 1. The molecule has 2 amide bonds. The molecular formula is C34H30N2O5S2. The number of carbonyl (C=O) groups is 2. The molecule has 9 heteroatoms. The van der Waals surface area contributed by atoms with Gasteiger partial charge in [-0.1, -0.05) is 65.4 Å². The average molecular weight is 611 g/mol. The topological polar surface area (TPSA) is 88.7 Å². The first kappa shape index (κ1) is 26.8. The Morgan fingerprint density at radius 3 is 2.40 bits per heavy atom. The van der Waals surface area contributed by atoms with Crippen LogP contribution in [0.2, 0.25) is 0 Å². The fraction of sp³-hybridized carbons (Fsp3) is 0.324. The molecule has 4 aromatic rings. The number of rotatable bonds is 6. The van der Waals surface area contributed by atoms with Gasteiger partial charge in [0.25, 0.3) is 0 Å². The lowest BCUT2D eigenvalue weighted by molar-refractivity contribution is -0.123. The van der Waals surface area contributed by atoms with Crippen molar-refractivity contribution in [1.82, 2.24) is 4.98 Å². The van der Waals surface area contributed by atoms with Crippen molar-refractivity contribution < 1.29 is 19.1 Å². The number of amides is 2. The van der Waals surface area contributed by atoms with Crippen molar-refractivity contribution in [3.63, 3.8) is 0 Å². The van der Waals surface area contributed by atoms with Crippen LogP contribution in [-0.4, -0.2) is 29.2 Å². The number of ether oxygens (including phenoxy) is 2. The summed E-state index contributed by atoms with van der Waals surface area (Å²) in [6, 6.07) is 23.7. The number of thioether (sulfide) groups is 1. The predicted molar refractivity (Wildman–Crippen MR) is 166 cm³/mol. The van der Waals surface area contributed by atoms with Gasteiger partial charge in [0.2, 0.25) is 11.8 Å². The Morgan fingerprint density at radius 1 is 0.907 bits per heavy atom. The van der Waals surface area contributed by atoms with Crippen molar-refractivity contribution in [2.75, 3.05) is 12.0 Å². The smallest absolute Gasteiger partial charge is 0.305 e. The molecule has 2 saturated carbocycles. The van der Waals surface area contributed by atoms with Crippen molar-refractivity contribution in [2.24, 2.45) is 29.6 Å². The molecule has 1 aromatic heterocycles. The first-order valence-corrected chi connectivity index (χ1v) is 16.3. The molecule has 0 spiro atoms. The molecule has 8 rings (SSSR count). The van der Waals surface area contributed by atoms with E-state index >= 15 is 0 Å². The number of hydrogen-bond acceptors (Lipinski definition) is 7. The van der Waals surface area contributed by atoms with Crippen molar-refractivity contribution in [3.8, 4) is 11.5 Å². The molecule has 7 nitrogen and oxygen atoms in total. The van der Waals surface area contributed by atoms with E-state index in [1.807, 2.05) is 73.7 Å². The molecule has 2 bridgehead atoms. The van der Waals surface area contributed by atoms with Crippen molar-refractivity contribution in [2.45, 2.75) is 36.1 Å². The fourth-order valence-corrected chi connectivity index (χ4v) is 11.0. The van der Waals surface area contributed by atoms with Crippen molar-refractivity contribution >= 4 is 40.6 Å². The SMILES string of the molecule is COc1cc([C@@H]2c3sc(=O)[nH]c3S[C@@H]3[C@@H]4C[C@@H]([C@@H]5C(=O)N(c6ccc(C)cc6)C(=O)[C@@H]45)[C@@H]23)ccc1OCc1ccccc1. The lowest BCUT2D eigenvalue weighted by Gasteiger charge is -2.43. The number of nitrogens with zero attached hydrogens (tertiary/aromatic N) is 1. The minimum absolute atomic E-state index is 0.0507. The molecule has 0 unspecified atom stereocenters. The van der Waals surface area contributed by atoms with Crippen LogP contribution in [0.1, 0.15) is 33.9 Å². The van der Waals surface area contributed by atoms with E-state index in [-0.39, 0.29) is 57.4 Å². The van der Waals surface area contributed by atoms with Crippen LogP contribution < -0.4 is 19.2 Å². The highest BCUT2D eigenvalue weighted by Crippen LogP contribution is 2.68. The summed E-state index contributed by atoms with van der Waals surface area (Å²) in [5.74, 6) is 0.626. The molecule has 2 aliphatic carbocycles. The molecular weight excluding hydrogens is 581 g/mol. The molecule has 43 heavy (non-hydrogen) atoms. The largest absolute Gasteiger partial charge is 0.493 e. The standard InChI is InChI=1S/C34H30N2O5S2/c1-17-8-11-20(12-9-17)36-32(37)27-21-15-22(28(27)33(36)38)29-26(21)25(30-31(42-29)35-34(39)43-30)19-10-13-23(24(14-19)40-2)41-16-18-6-4-3-5-7-18/h3-14,21-22,25-29H,15-16H2,1-2H3,(H,35,39)/t21-,22-,25+,26+,27+,28+,29-/m1/s1. The molecule has 3 fully saturated rings. The number of carbonyl (C=O) groups excluding carboxylic acids is 2. The normalized spacial score (nSPS) is 28.5. The Morgan fingerprint density at radius 2 is 1.65 bits per heavy atom. The van der Waals surface area contributed by atoms with E-state index in [9.17, 15) is 14.4 Å². The summed E-state index contributed by atoms with van der Waals surface area (Å²) in [5.41, 5.74) is 3.84. The second kappa shape index (κ2) is 10.1. The molecule has 1 N–H and O–H groups in total. The van der Waals surface area contributed by atoms with Gasteiger partial charge >= 0.3 is 4.87 Å². The predicted octanol–water partition coefficient (Wildman–Crippen LogP) is 6.01. The summed E-state index contributed by atoms with van der Waals surface area (Å²) >= 11 is 2.95. The molecule has 3 aromatic carbocycles. The minimum atomic E-state index is -0.337. The van der Waals surface area contributed by atoms with Crippen molar-refractivity contribution in [1.29, 1.82) is 0 Å². The van der Waals surface area contributed by atoms with Gasteiger partial charge in [-0.15, -0.1) is 11.8 Å². The van der Waals surface area contributed by atoms with Gasteiger partial charge in [0.1, 0.15) is 6.61 Å². The number of aromatic nitrogens is 1. The van der Waals surface area contributed by atoms with Crippen molar-refractivity contribution in [3.05, 3.63) is 104 Å². The Labute approximate surface area is 257 Å². The van der Waals surface area contributed by atoms with Crippen LogP contribution in [0.5, 0.6) is 11.5 Å². The van der Waals surface area contributed by atoms with Crippen LogP contribution in [0.3, 0.4) is 0 Å². The van der Waals surface area contributed by atoms with Gasteiger partial charge in [0.05, 0.1) is 29.7 Å². The van der Waals surface area contributed by atoms with Gasteiger partial charge in [-0.05, 0) is 66.5 Å². The number of nitrogens with one attached hydrogen (secondary N) is 1. The molecule has 3 heterocycles. The average Bonchev–Trinajstić information content (AvgIpc) is 3.76. The van der Waals surface area contributed by atoms with Gasteiger partial charge in [-0.3, -0.25) is 19.3 Å². The van der Waals surface area contributed by atoms with Gasteiger partial charge in [0, 0.05) is 16.0 Å². The summed E-state index contributed by atoms with van der Waals surface area (Å²) in [5, 5.41) is 1.02. The lowest BCUT2D eigenvalue weighted by atomic mass is 9.68. The Kier molecular flexibility index (Phi) is 6.31. The number of benzene rings is 3. The summed E-state index contributed by atoms with van der Waals surface area (Å²) in [6.07, 6.45) is 0.849. The van der Waals surface area contributed by atoms with Crippen LogP contribution in [0.15, 0.2) is 82.6 Å². The van der Waals surface area contributed by atoms with Crippen LogP contribution in [0, 0.1) is 36.5 Å². The zero-order valence-electron chi connectivity index (χ0n) is 23.7. The van der Waals surface area contributed by atoms with Gasteiger partial charge in [-0.2, -0.15) is 0 Å². The highest BCUT2D eigenvalue weighted by atomic mass is 32.2. The van der Waals surface area contributed by atoms with Gasteiger partial charge < -0.3 is 14.5 Å². The zero-order valence-corrected chi connectivity index (χ0v) is 25.3. The Balaban J connectivity index is 1.16. The van der Waals surface area contributed by atoms with Crippen LogP contribution in [0.4, 0.5) is 5.69 Å². The quantitative estimate of drug-likeness (QED) is 0.269. The van der Waals surface area contributed by atoms with E-state index in [1.54, 1.807) is 18.9 Å². The number of fused-ring (bicyclic) bond motifs is 9. The molecule has 218 valence electrons. The maximum atomic E-state index is 14.0. The first-order chi connectivity index (χ1) is 20.9. The van der Waals surface area contributed by atoms with E-state index in [0.29, 0.717) is 23.8 Å². The number of methoxy groups -OCH3 is 1. The summed E-state index contributed by atoms with van der Waals surface area (Å²) in [7, 11) is 1.64. The highest BCUT2D eigenvalue weighted by molar-refractivity contribution is 8.00. The number of imide groups is 1. The van der Waals surface area contributed by atoms with E-state index in [2.05, 4.69) is 11.1 Å². The van der Waals surface area contributed by atoms with Gasteiger partial charge in [-0.25, -0.2) is 0 Å². The number of hydrogen-bond donors (Lipinski definition) is 1. The number of thiazole rings is 1. The zero-order chi connectivity index (χ0) is 29.4. The molecule has 2 aliphatic heterocycles.